The first-order valence-corrected chi connectivity index (χ1v) is 9.99. The van der Waals surface area contributed by atoms with E-state index in [2.05, 4.69) is 52.5 Å². The van der Waals surface area contributed by atoms with Crippen molar-refractivity contribution < 1.29 is 0 Å². The fourth-order valence-corrected chi connectivity index (χ4v) is 4.09. The fourth-order valence-electron chi connectivity index (χ4n) is 2.83. The molecule has 0 saturated heterocycles. The van der Waals surface area contributed by atoms with E-state index in [9.17, 15) is 0 Å². The van der Waals surface area contributed by atoms with Gasteiger partial charge in [0.1, 0.15) is 5.03 Å². The Bertz CT molecular complexity index is 956. The molecule has 8 heteroatoms. The van der Waals surface area contributed by atoms with Crippen LogP contribution in [0.15, 0.2) is 70.9 Å². The Hall–Kier alpha value is -2.48. The SMILES string of the molecule is CCN1NNN=C1c1cnn(-c2cccc(Cl)c2)c1SCc1ccccc1. The van der Waals surface area contributed by atoms with Gasteiger partial charge in [-0.3, -0.25) is 5.01 Å². The smallest absolute Gasteiger partial charge is 0.177 e. The Morgan fingerprint density at radius 2 is 1.96 bits per heavy atom. The van der Waals surface area contributed by atoms with Crippen molar-refractivity contribution in [1.29, 1.82) is 0 Å². The molecule has 0 bridgehead atoms. The van der Waals surface area contributed by atoms with Crippen molar-refractivity contribution in [2.45, 2.75) is 17.7 Å². The Balaban J connectivity index is 1.73. The second kappa shape index (κ2) is 8.04. The molecule has 1 aromatic heterocycles. The van der Waals surface area contributed by atoms with Gasteiger partial charge in [0.05, 0.1) is 17.4 Å². The maximum atomic E-state index is 6.20. The summed E-state index contributed by atoms with van der Waals surface area (Å²) >= 11 is 7.93. The van der Waals surface area contributed by atoms with E-state index in [0.29, 0.717) is 5.02 Å². The Kier molecular flexibility index (Phi) is 5.33. The average molecular weight is 399 g/mol. The van der Waals surface area contributed by atoms with Crippen molar-refractivity contribution >= 4 is 29.2 Å². The standard InChI is InChI=1S/C19H19ClN6S/c1-2-25-18(22-23-24-25)17-12-21-26(16-10-6-9-15(20)11-16)19(17)27-13-14-7-4-3-5-8-14/h3-12,23-24H,2,13H2,1H3. The van der Waals surface area contributed by atoms with E-state index in [4.69, 9.17) is 11.6 Å². The Labute approximate surface area is 167 Å². The van der Waals surface area contributed by atoms with E-state index >= 15 is 0 Å². The van der Waals surface area contributed by atoms with E-state index < -0.39 is 0 Å². The van der Waals surface area contributed by atoms with Crippen LogP contribution in [0.4, 0.5) is 0 Å². The molecule has 2 aromatic carbocycles. The van der Waals surface area contributed by atoms with Gasteiger partial charge in [-0.15, -0.1) is 22.4 Å². The molecule has 0 fully saturated rings. The zero-order chi connectivity index (χ0) is 18.6. The van der Waals surface area contributed by atoms with Crippen molar-refractivity contribution in [3.8, 4) is 5.69 Å². The molecule has 27 heavy (non-hydrogen) atoms. The summed E-state index contributed by atoms with van der Waals surface area (Å²) in [4.78, 5) is 0. The van der Waals surface area contributed by atoms with E-state index in [1.165, 1.54) is 5.56 Å². The van der Waals surface area contributed by atoms with E-state index in [1.54, 1.807) is 11.8 Å². The Morgan fingerprint density at radius 1 is 1.11 bits per heavy atom. The molecule has 0 unspecified atom stereocenters. The number of benzene rings is 2. The number of hydrazine groups is 2. The van der Waals surface area contributed by atoms with Crippen LogP contribution in [0.1, 0.15) is 18.1 Å². The van der Waals surface area contributed by atoms with Crippen LogP contribution in [-0.4, -0.2) is 27.2 Å². The highest BCUT2D eigenvalue weighted by Gasteiger charge is 2.24. The summed E-state index contributed by atoms with van der Waals surface area (Å²) in [5, 5.41) is 12.7. The van der Waals surface area contributed by atoms with Gasteiger partial charge in [0.2, 0.25) is 0 Å². The molecule has 0 spiro atoms. The molecule has 3 aromatic rings. The predicted octanol–water partition coefficient (Wildman–Crippen LogP) is 3.82. The molecule has 0 saturated carbocycles. The monoisotopic (exact) mass is 398 g/mol. The van der Waals surface area contributed by atoms with Crippen LogP contribution in [0, 0.1) is 0 Å². The van der Waals surface area contributed by atoms with Crippen molar-refractivity contribution in [2.24, 2.45) is 5.10 Å². The molecule has 0 amide bonds. The van der Waals surface area contributed by atoms with Crippen molar-refractivity contribution in [3.05, 3.63) is 76.9 Å². The molecule has 4 rings (SSSR count). The molecule has 2 N–H and O–H groups in total. The number of rotatable bonds is 6. The molecular weight excluding hydrogens is 380 g/mol. The number of hydrogen-bond acceptors (Lipinski definition) is 6. The molecule has 1 aliphatic heterocycles. The third-order valence-corrected chi connectivity index (χ3v) is 5.53. The van der Waals surface area contributed by atoms with Gasteiger partial charge in [0.25, 0.3) is 0 Å². The van der Waals surface area contributed by atoms with Crippen LogP contribution in [0.3, 0.4) is 0 Å². The van der Waals surface area contributed by atoms with Gasteiger partial charge in [-0.1, -0.05) is 48.0 Å². The highest BCUT2D eigenvalue weighted by Crippen LogP contribution is 2.30. The number of nitrogens with one attached hydrogen (secondary N) is 2. The van der Waals surface area contributed by atoms with Gasteiger partial charge >= 0.3 is 0 Å². The predicted molar refractivity (Wildman–Crippen MR) is 110 cm³/mol. The molecular formula is C19H19ClN6S. The second-order valence-electron chi connectivity index (χ2n) is 5.93. The van der Waals surface area contributed by atoms with Gasteiger partial charge in [0, 0.05) is 17.3 Å². The van der Waals surface area contributed by atoms with E-state index in [1.807, 2.05) is 46.2 Å². The molecule has 2 heterocycles. The lowest BCUT2D eigenvalue weighted by Gasteiger charge is -2.17. The quantitative estimate of drug-likeness (QED) is 0.618. The van der Waals surface area contributed by atoms with Gasteiger partial charge in [0.15, 0.2) is 5.84 Å². The first-order valence-electron chi connectivity index (χ1n) is 8.63. The van der Waals surface area contributed by atoms with E-state index in [0.717, 1.165) is 34.4 Å². The first-order chi connectivity index (χ1) is 13.3. The molecule has 6 nitrogen and oxygen atoms in total. The number of thioether (sulfide) groups is 1. The normalized spacial score (nSPS) is 13.6. The van der Waals surface area contributed by atoms with Crippen molar-refractivity contribution in [3.63, 3.8) is 0 Å². The summed E-state index contributed by atoms with van der Waals surface area (Å²) in [6, 6.07) is 18.1. The third-order valence-electron chi connectivity index (χ3n) is 4.16. The van der Waals surface area contributed by atoms with E-state index in [-0.39, 0.29) is 0 Å². The highest BCUT2D eigenvalue weighted by molar-refractivity contribution is 7.98. The largest absolute Gasteiger partial charge is 0.271 e. The number of halogens is 1. The topological polar surface area (TPSA) is 57.5 Å². The number of aromatic nitrogens is 2. The van der Waals surface area contributed by atoms with Gasteiger partial charge in [-0.25, -0.2) is 10.2 Å². The minimum Gasteiger partial charge on any atom is -0.271 e. The van der Waals surface area contributed by atoms with Crippen LogP contribution in [0.2, 0.25) is 5.02 Å². The van der Waals surface area contributed by atoms with Crippen LogP contribution < -0.4 is 11.1 Å². The number of nitrogens with zero attached hydrogens (tertiary/aromatic N) is 4. The zero-order valence-electron chi connectivity index (χ0n) is 14.8. The number of hydrogen-bond donors (Lipinski definition) is 2. The molecule has 138 valence electrons. The van der Waals surface area contributed by atoms with Crippen LogP contribution in [0.5, 0.6) is 0 Å². The minimum atomic E-state index is 0.681. The molecule has 0 aliphatic carbocycles. The number of amidine groups is 1. The average Bonchev–Trinajstić information content (AvgIpc) is 3.33. The van der Waals surface area contributed by atoms with Crippen LogP contribution in [0.25, 0.3) is 5.69 Å². The summed E-state index contributed by atoms with van der Waals surface area (Å²) in [5.41, 5.74) is 9.00. The van der Waals surface area contributed by atoms with Crippen molar-refractivity contribution in [1.82, 2.24) is 25.9 Å². The Morgan fingerprint density at radius 3 is 2.74 bits per heavy atom. The molecule has 0 atom stereocenters. The lowest BCUT2D eigenvalue weighted by atomic mass is 10.2. The van der Waals surface area contributed by atoms with Gasteiger partial charge in [-0.2, -0.15) is 5.10 Å². The summed E-state index contributed by atoms with van der Waals surface area (Å²) in [6.45, 7) is 2.84. The van der Waals surface area contributed by atoms with Crippen LogP contribution >= 0.6 is 23.4 Å². The van der Waals surface area contributed by atoms with Crippen molar-refractivity contribution in [2.75, 3.05) is 6.54 Å². The minimum absolute atomic E-state index is 0.681. The van der Waals surface area contributed by atoms with Gasteiger partial charge in [-0.05, 0) is 30.7 Å². The fraction of sp³-hybridized carbons (Fsp3) is 0.158. The summed E-state index contributed by atoms with van der Waals surface area (Å²) in [6.07, 6.45) is 1.85. The lowest BCUT2D eigenvalue weighted by molar-refractivity contribution is 0.308. The first kappa shape index (κ1) is 17.9. The van der Waals surface area contributed by atoms with Crippen LogP contribution in [-0.2, 0) is 5.75 Å². The maximum Gasteiger partial charge on any atom is 0.177 e. The summed E-state index contributed by atoms with van der Waals surface area (Å²) in [5.74, 6) is 1.65. The second-order valence-corrected chi connectivity index (χ2v) is 7.33. The lowest BCUT2D eigenvalue weighted by Crippen LogP contribution is -2.40. The summed E-state index contributed by atoms with van der Waals surface area (Å²) < 4.78 is 1.92. The summed E-state index contributed by atoms with van der Waals surface area (Å²) in [7, 11) is 0. The highest BCUT2D eigenvalue weighted by atomic mass is 35.5. The molecule has 1 aliphatic rings. The maximum absolute atomic E-state index is 6.20. The molecule has 0 radical (unpaired) electrons. The zero-order valence-corrected chi connectivity index (χ0v) is 16.3. The number of hydrazone groups is 1. The third kappa shape index (κ3) is 3.80. The van der Waals surface area contributed by atoms with Gasteiger partial charge < -0.3 is 0 Å².